The Kier molecular flexibility index (Phi) is 51.0. The zero-order valence-electron chi connectivity index (χ0n) is 60.3. The Bertz CT molecular complexity index is 2030. The van der Waals surface area contributed by atoms with Gasteiger partial charge in [0.2, 0.25) is 0 Å². The minimum absolute atomic E-state index is 0.0331. The molecule has 3 rings (SSSR count). The van der Waals surface area contributed by atoms with Gasteiger partial charge in [-0.15, -0.1) is 0 Å². The van der Waals surface area contributed by atoms with E-state index in [2.05, 4.69) is 20.8 Å². The van der Waals surface area contributed by atoms with Crippen molar-refractivity contribution in [1.82, 2.24) is 0 Å². The van der Waals surface area contributed by atoms with Gasteiger partial charge in [-0.2, -0.15) is 0 Å². The fourth-order valence-corrected chi connectivity index (χ4v) is 14.0. The van der Waals surface area contributed by atoms with E-state index in [0.717, 1.165) is 96.3 Å². The summed E-state index contributed by atoms with van der Waals surface area (Å²) in [6.07, 6.45) is 13.1. The molecule has 2 saturated heterocycles. The highest BCUT2D eigenvalue weighted by Gasteiger charge is 2.58. The quantitative estimate of drug-likeness (QED) is 0.0117. The van der Waals surface area contributed by atoms with Gasteiger partial charge < -0.3 is 89.1 Å². The van der Waals surface area contributed by atoms with E-state index in [0.29, 0.717) is 19.3 Å². The van der Waals surface area contributed by atoms with Crippen molar-refractivity contribution in [3.8, 4) is 0 Å². The molecule has 0 bridgehead atoms. The fourth-order valence-electron chi connectivity index (χ4n) is 13.1. The molecule has 18 atom stereocenters. The van der Waals surface area contributed by atoms with E-state index in [1.165, 1.54) is 161 Å². The first-order chi connectivity index (χ1) is 47.3. The molecule has 3 fully saturated rings. The molecule has 3 aliphatic rings. The van der Waals surface area contributed by atoms with Crippen molar-refractivity contribution >= 4 is 25.7 Å². The van der Waals surface area contributed by atoms with E-state index in [1.807, 2.05) is 0 Å². The van der Waals surface area contributed by atoms with Crippen LogP contribution in [-0.2, 0) is 61.2 Å². The molecule has 2 aliphatic heterocycles. The minimum atomic E-state index is -5.69. The standard InChI is InChI=1S/C73H137O24P/c1-4-7-10-13-16-19-22-24-26-27-29-30-33-36-39-42-45-48-58(76)90-53-56-61(79)63(81)68(86)73(94-56)96-70-66(84)64(82)65(83)69(95-72-67(85)62(80)60(78)55(50-74)93-72)71(70)97-98(87,88)91-52-54(51-89-57(75)47-44-41-38-35-32-21-18-15-12-9-6-3)92-59(77)49-46-43-40-37-34-31-28-25-23-20-17-14-11-8-5-2/h54-56,60-74,78-86H,4-53H2,1-3H3,(H,87,88). The molecule has 0 aromatic rings. The van der Waals surface area contributed by atoms with Crippen molar-refractivity contribution in [2.24, 2.45) is 0 Å². The van der Waals surface area contributed by atoms with Crippen LogP contribution >= 0.6 is 7.82 Å². The highest BCUT2D eigenvalue weighted by molar-refractivity contribution is 7.47. The van der Waals surface area contributed by atoms with Gasteiger partial charge in [-0.3, -0.25) is 23.4 Å². The molecule has 25 heteroatoms. The molecule has 0 aromatic heterocycles. The summed E-state index contributed by atoms with van der Waals surface area (Å²) in [4.78, 5) is 51.0. The SMILES string of the molecule is CCCCCCCCCCCCCCCCCCCC(=O)OCC1OC(OC2C(O)C(O)C(O)C(OC3OC(CO)C(O)C(O)C3O)C2OP(=O)(O)OCC(COC(=O)CCCCCCCCCCCCC)OC(=O)CCCCCCCCCCCCCCCCC)C(O)C(O)C1O. The van der Waals surface area contributed by atoms with Crippen LogP contribution in [0.4, 0.5) is 0 Å². The molecular formula is C73H137O24P. The van der Waals surface area contributed by atoms with Gasteiger partial charge in [-0.1, -0.05) is 278 Å². The van der Waals surface area contributed by atoms with Crippen LogP contribution in [0.25, 0.3) is 0 Å². The van der Waals surface area contributed by atoms with Crippen LogP contribution in [0.1, 0.15) is 316 Å². The normalized spacial score (nSPS) is 27.6. The Morgan fingerprint density at radius 3 is 1.00 bits per heavy atom. The lowest BCUT2D eigenvalue weighted by Crippen LogP contribution is -2.69. The number of unbranched alkanes of at least 4 members (excludes halogenated alkanes) is 40. The molecule has 0 aromatic carbocycles. The second kappa shape index (κ2) is 55.4. The van der Waals surface area contributed by atoms with E-state index in [4.69, 9.17) is 42.2 Å². The van der Waals surface area contributed by atoms with Crippen LogP contribution in [0.2, 0.25) is 0 Å². The molecule has 578 valence electrons. The van der Waals surface area contributed by atoms with E-state index in [-0.39, 0.29) is 19.3 Å². The molecule has 98 heavy (non-hydrogen) atoms. The van der Waals surface area contributed by atoms with Crippen molar-refractivity contribution in [2.75, 3.05) is 26.4 Å². The third-order valence-electron chi connectivity index (χ3n) is 19.4. The molecule has 0 radical (unpaired) electrons. The number of aliphatic hydroxyl groups is 10. The predicted octanol–water partition coefficient (Wildman–Crippen LogP) is 11.0. The fraction of sp³-hybridized carbons (Fsp3) is 0.959. The van der Waals surface area contributed by atoms with Gasteiger partial charge >= 0.3 is 25.7 Å². The Hall–Kier alpha value is -2.04. The van der Waals surface area contributed by atoms with E-state index < -0.39 is 156 Å². The van der Waals surface area contributed by atoms with E-state index >= 15 is 0 Å². The number of ether oxygens (including phenoxy) is 7. The maximum absolute atomic E-state index is 14.3. The zero-order valence-corrected chi connectivity index (χ0v) is 61.2. The van der Waals surface area contributed by atoms with Gasteiger partial charge in [0.05, 0.1) is 13.2 Å². The van der Waals surface area contributed by atoms with Crippen LogP contribution < -0.4 is 0 Å². The van der Waals surface area contributed by atoms with E-state index in [9.17, 15) is 74.9 Å². The lowest BCUT2D eigenvalue weighted by atomic mass is 9.84. The summed E-state index contributed by atoms with van der Waals surface area (Å²) in [5.41, 5.74) is 0. The van der Waals surface area contributed by atoms with Crippen LogP contribution in [0.3, 0.4) is 0 Å². The molecule has 18 unspecified atom stereocenters. The van der Waals surface area contributed by atoms with Crippen LogP contribution in [0, 0.1) is 0 Å². The maximum Gasteiger partial charge on any atom is 0.472 e. The molecule has 0 spiro atoms. The molecule has 1 saturated carbocycles. The van der Waals surface area contributed by atoms with Gasteiger partial charge in [0.25, 0.3) is 0 Å². The first-order valence-corrected chi connectivity index (χ1v) is 40.3. The number of rotatable bonds is 61. The summed E-state index contributed by atoms with van der Waals surface area (Å²) in [6, 6.07) is 0. The number of aliphatic hydroxyl groups excluding tert-OH is 10. The van der Waals surface area contributed by atoms with E-state index in [1.54, 1.807) is 0 Å². The highest BCUT2D eigenvalue weighted by atomic mass is 31.2. The highest BCUT2D eigenvalue weighted by Crippen LogP contribution is 2.49. The Morgan fingerprint density at radius 1 is 0.357 bits per heavy atom. The van der Waals surface area contributed by atoms with Crippen LogP contribution in [-0.4, -0.2) is 204 Å². The van der Waals surface area contributed by atoms with Gasteiger partial charge in [0.15, 0.2) is 18.7 Å². The topological polar surface area (TPSA) is 374 Å². The zero-order chi connectivity index (χ0) is 71.8. The lowest BCUT2D eigenvalue weighted by Gasteiger charge is -2.49. The number of esters is 3. The number of phosphoric acid groups is 1. The molecular weight excluding hydrogens is 1290 g/mol. The molecule has 0 amide bonds. The predicted molar refractivity (Wildman–Crippen MR) is 370 cm³/mol. The molecule has 24 nitrogen and oxygen atoms in total. The Morgan fingerprint density at radius 2 is 0.653 bits per heavy atom. The third-order valence-corrected chi connectivity index (χ3v) is 20.4. The third kappa shape index (κ3) is 38.1. The smallest absolute Gasteiger partial charge is 0.463 e. The van der Waals surface area contributed by atoms with Crippen molar-refractivity contribution in [3.05, 3.63) is 0 Å². The van der Waals surface area contributed by atoms with Crippen LogP contribution in [0.15, 0.2) is 0 Å². The Balaban J connectivity index is 1.70. The van der Waals surface area contributed by atoms with Gasteiger partial charge in [0, 0.05) is 19.3 Å². The summed E-state index contributed by atoms with van der Waals surface area (Å²) < 4.78 is 65.1. The van der Waals surface area contributed by atoms with Crippen molar-refractivity contribution in [2.45, 2.75) is 420 Å². The summed E-state index contributed by atoms with van der Waals surface area (Å²) in [6.45, 7) is 3.47. The second-order valence-electron chi connectivity index (χ2n) is 28.1. The lowest BCUT2D eigenvalue weighted by molar-refractivity contribution is -0.360. The van der Waals surface area contributed by atoms with Crippen molar-refractivity contribution in [3.63, 3.8) is 0 Å². The van der Waals surface area contributed by atoms with Gasteiger partial charge in [0.1, 0.15) is 98.7 Å². The largest absolute Gasteiger partial charge is 0.472 e. The summed E-state index contributed by atoms with van der Waals surface area (Å²) >= 11 is 0. The number of phosphoric ester groups is 1. The first-order valence-electron chi connectivity index (χ1n) is 38.8. The second-order valence-corrected chi connectivity index (χ2v) is 29.5. The van der Waals surface area contributed by atoms with Gasteiger partial charge in [-0.25, -0.2) is 4.57 Å². The van der Waals surface area contributed by atoms with Gasteiger partial charge in [-0.05, 0) is 19.3 Å². The van der Waals surface area contributed by atoms with Crippen molar-refractivity contribution in [1.29, 1.82) is 0 Å². The average Bonchev–Trinajstić information content (AvgIpc) is 0.753. The van der Waals surface area contributed by atoms with Crippen molar-refractivity contribution < 1.29 is 117 Å². The molecule has 2 heterocycles. The summed E-state index contributed by atoms with van der Waals surface area (Å²) in [5.74, 6) is -1.97. The number of carbonyl (C=O) groups is 3. The number of hydrogen-bond donors (Lipinski definition) is 11. The summed E-state index contributed by atoms with van der Waals surface area (Å²) in [5, 5.41) is 110. The molecule has 1 aliphatic carbocycles. The monoisotopic (exact) mass is 1430 g/mol. The first kappa shape index (κ1) is 90.2. The average molecular weight is 1430 g/mol. The number of carbonyl (C=O) groups excluding carboxylic acids is 3. The van der Waals surface area contributed by atoms with Crippen LogP contribution in [0.5, 0.6) is 0 Å². The summed E-state index contributed by atoms with van der Waals surface area (Å²) in [7, 11) is -5.69. The molecule has 11 N–H and O–H groups in total. The minimum Gasteiger partial charge on any atom is -0.463 e. The Labute approximate surface area is 587 Å². The number of hydrogen-bond acceptors (Lipinski definition) is 23. The maximum atomic E-state index is 14.3.